The van der Waals surface area contributed by atoms with E-state index < -0.39 is 8.87 Å². The summed E-state index contributed by atoms with van der Waals surface area (Å²) in [4.78, 5) is 0. The van der Waals surface area contributed by atoms with Crippen LogP contribution < -0.4 is 0 Å². The van der Waals surface area contributed by atoms with E-state index in [1.807, 2.05) is 0 Å². The Morgan fingerprint density at radius 2 is 1.23 bits per heavy atom. The van der Waals surface area contributed by atoms with Crippen molar-refractivity contribution in [3.8, 4) is 0 Å². The van der Waals surface area contributed by atoms with E-state index in [4.69, 9.17) is 0 Å². The van der Waals surface area contributed by atoms with Crippen molar-refractivity contribution in [3.05, 3.63) is 0 Å². The molecule has 2 nitrogen and oxygen atoms in total. The molecule has 0 amide bonds. The first kappa shape index (κ1) is 20.3. The van der Waals surface area contributed by atoms with Gasteiger partial charge in [0.15, 0.2) is 0 Å². The van der Waals surface area contributed by atoms with E-state index in [1.54, 1.807) is 0 Å². The molecule has 132 valence electrons. The predicted octanol–water partition coefficient (Wildman–Crippen LogP) is 5.73. The van der Waals surface area contributed by atoms with Crippen molar-refractivity contribution in [2.45, 2.75) is 92.6 Å². The maximum absolute atomic E-state index is 13.3. The molecule has 0 bridgehead atoms. The summed E-state index contributed by atoms with van der Waals surface area (Å²) in [6, 6.07) is 0. The third kappa shape index (κ3) is 4.23. The second-order valence-electron chi connectivity index (χ2n) is 10.6. The normalized spacial score (nSPS) is 32.1. The van der Waals surface area contributed by atoms with Gasteiger partial charge >= 0.3 is 0 Å². The third-order valence-corrected chi connectivity index (χ3v) is 10.6. The average molecular weight is 349 g/mol. The summed E-state index contributed by atoms with van der Waals surface area (Å²) in [6.07, 6.45) is 2.02. The maximum Gasteiger partial charge on any atom is 0.205 e. The molecule has 1 fully saturated rings. The molecule has 2 atom stereocenters. The van der Waals surface area contributed by atoms with Gasteiger partial charge in [-0.25, -0.2) is 8.42 Å². The molecule has 0 aromatic heterocycles. The summed E-state index contributed by atoms with van der Waals surface area (Å²) in [5.74, 6) is 0. The molecule has 1 rings (SSSR count). The van der Waals surface area contributed by atoms with Crippen molar-refractivity contribution in [2.75, 3.05) is 0 Å². The van der Waals surface area contributed by atoms with Crippen LogP contribution >= 0.6 is 10.8 Å². The topological polar surface area (TPSA) is 34.1 Å². The lowest BCUT2D eigenvalue weighted by atomic mass is 9.67. The van der Waals surface area contributed by atoms with Gasteiger partial charge in [-0.2, -0.15) is 0 Å². The zero-order chi connectivity index (χ0) is 17.8. The highest BCUT2D eigenvalue weighted by atomic mass is 33.1. The van der Waals surface area contributed by atoms with Crippen LogP contribution in [0.3, 0.4) is 0 Å². The largest absolute Gasteiger partial charge is 0.217 e. The lowest BCUT2D eigenvalue weighted by molar-refractivity contribution is 0.146. The highest BCUT2D eigenvalue weighted by Crippen LogP contribution is 2.56. The van der Waals surface area contributed by atoms with Gasteiger partial charge in [-0.3, -0.25) is 0 Å². The van der Waals surface area contributed by atoms with Crippen LogP contribution in [-0.2, 0) is 8.87 Å². The molecule has 1 saturated heterocycles. The van der Waals surface area contributed by atoms with Gasteiger partial charge in [0.2, 0.25) is 8.87 Å². The third-order valence-electron chi connectivity index (χ3n) is 4.93. The second kappa shape index (κ2) is 5.68. The van der Waals surface area contributed by atoms with Crippen molar-refractivity contribution in [3.63, 3.8) is 0 Å². The van der Waals surface area contributed by atoms with Gasteiger partial charge in [0.25, 0.3) is 0 Å². The van der Waals surface area contributed by atoms with E-state index in [-0.39, 0.29) is 32.2 Å². The molecule has 0 aromatic rings. The zero-order valence-corrected chi connectivity index (χ0v) is 17.8. The van der Waals surface area contributed by atoms with Crippen molar-refractivity contribution < 1.29 is 8.42 Å². The van der Waals surface area contributed by atoms with Gasteiger partial charge in [0.05, 0.1) is 5.25 Å². The second-order valence-corrected chi connectivity index (χ2v) is 14.7. The van der Waals surface area contributed by atoms with E-state index in [9.17, 15) is 8.42 Å². The van der Waals surface area contributed by atoms with Crippen LogP contribution in [0.25, 0.3) is 0 Å². The molecule has 1 heterocycles. The minimum absolute atomic E-state index is 0.0100. The highest BCUT2D eigenvalue weighted by molar-refractivity contribution is 8.72. The Kier molecular flexibility index (Phi) is 5.26. The monoisotopic (exact) mass is 348 g/mol. The average Bonchev–Trinajstić information content (AvgIpc) is 2.17. The van der Waals surface area contributed by atoms with Gasteiger partial charge in [-0.1, -0.05) is 69.2 Å². The molecule has 0 aliphatic carbocycles. The molecule has 1 aliphatic rings. The Labute approximate surface area is 142 Å². The Hall–Kier alpha value is 0.300. The van der Waals surface area contributed by atoms with Crippen LogP contribution in [-0.4, -0.2) is 18.9 Å². The number of hydrogen-bond donors (Lipinski definition) is 0. The quantitative estimate of drug-likeness (QED) is 0.525. The van der Waals surface area contributed by atoms with Gasteiger partial charge in [-0.05, 0) is 45.3 Å². The van der Waals surface area contributed by atoms with Gasteiger partial charge < -0.3 is 0 Å². The predicted molar refractivity (Wildman–Crippen MR) is 99.8 cm³/mol. The summed E-state index contributed by atoms with van der Waals surface area (Å²) >= 11 is 0. The van der Waals surface area contributed by atoms with Crippen molar-refractivity contribution >= 4 is 19.7 Å². The fourth-order valence-electron chi connectivity index (χ4n) is 4.54. The number of hydrogen-bond acceptors (Lipinski definition) is 3. The summed E-state index contributed by atoms with van der Waals surface area (Å²) in [6.45, 7) is 21.4. The molecule has 0 aromatic carbocycles. The fourth-order valence-corrected chi connectivity index (χ4v) is 11.8. The lowest BCUT2D eigenvalue weighted by Crippen LogP contribution is -2.50. The van der Waals surface area contributed by atoms with E-state index in [0.29, 0.717) is 0 Å². The SMILES string of the molecule is CC(C)(C)[C@H]1SS(=O)(=O)[C@H](C(C)(C)C)C(C)(C)CCC1(C)C. The Morgan fingerprint density at radius 3 is 1.59 bits per heavy atom. The van der Waals surface area contributed by atoms with Crippen LogP contribution in [0.1, 0.15) is 82.1 Å². The van der Waals surface area contributed by atoms with Crippen LogP contribution in [0.2, 0.25) is 0 Å². The van der Waals surface area contributed by atoms with Crippen molar-refractivity contribution in [1.29, 1.82) is 0 Å². The van der Waals surface area contributed by atoms with Crippen molar-refractivity contribution in [1.82, 2.24) is 0 Å². The maximum atomic E-state index is 13.3. The van der Waals surface area contributed by atoms with Gasteiger partial charge in [0, 0.05) is 5.25 Å². The van der Waals surface area contributed by atoms with Gasteiger partial charge in [-0.15, -0.1) is 0 Å². The van der Waals surface area contributed by atoms with E-state index >= 15 is 0 Å². The summed E-state index contributed by atoms with van der Waals surface area (Å²) in [5, 5.41) is -0.218. The first-order valence-electron chi connectivity index (χ1n) is 8.33. The molecule has 0 N–H and O–H groups in total. The van der Waals surface area contributed by atoms with Crippen molar-refractivity contribution in [2.24, 2.45) is 21.7 Å². The smallest absolute Gasteiger partial charge is 0.205 e. The zero-order valence-electron chi connectivity index (χ0n) is 16.2. The molecule has 0 radical (unpaired) electrons. The first-order chi connectivity index (χ1) is 9.41. The Balaban J connectivity index is 3.46. The Bertz CT molecular complexity index is 502. The van der Waals surface area contributed by atoms with Crippen LogP contribution in [0.15, 0.2) is 0 Å². The van der Waals surface area contributed by atoms with Crippen LogP contribution in [0.4, 0.5) is 0 Å². The molecule has 0 saturated carbocycles. The molecule has 4 heteroatoms. The lowest BCUT2D eigenvalue weighted by Gasteiger charge is -2.50. The minimum Gasteiger partial charge on any atom is -0.217 e. The van der Waals surface area contributed by atoms with E-state index in [0.717, 1.165) is 12.8 Å². The van der Waals surface area contributed by atoms with E-state index in [1.165, 1.54) is 10.8 Å². The molecular formula is C18H36O2S2. The van der Waals surface area contributed by atoms with E-state index in [2.05, 4.69) is 69.2 Å². The van der Waals surface area contributed by atoms with Crippen LogP contribution in [0.5, 0.6) is 0 Å². The molecule has 1 aliphatic heterocycles. The first-order valence-corrected chi connectivity index (χ1v) is 11.3. The highest BCUT2D eigenvalue weighted by Gasteiger charge is 2.53. The molecule has 0 unspecified atom stereocenters. The number of rotatable bonds is 0. The summed E-state index contributed by atoms with van der Waals surface area (Å²) < 4.78 is 26.6. The molecular weight excluding hydrogens is 312 g/mol. The molecule has 0 spiro atoms. The van der Waals surface area contributed by atoms with Gasteiger partial charge in [0.1, 0.15) is 0 Å². The minimum atomic E-state index is -3.24. The molecule has 22 heavy (non-hydrogen) atoms. The fraction of sp³-hybridized carbons (Fsp3) is 1.00. The van der Waals surface area contributed by atoms with Crippen LogP contribution in [0, 0.1) is 21.7 Å². The summed E-state index contributed by atoms with van der Waals surface area (Å²) in [5.41, 5.74) is -0.481. The Morgan fingerprint density at radius 1 is 0.818 bits per heavy atom. The summed E-state index contributed by atoms with van der Waals surface area (Å²) in [7, 11) is -1.99. The standard InChI is InChI=1S/C18H36O2S2/c1-15(2,3)13-17(7,8)11-12-18(9,10)14(16(4,5)6)22(19,20)21-13/h13-14H,11-12H2,1-10H3/t13-,14-/m1/s1.